The number of ether oxygens (including phenoxy) is 4. The monoisotopic (exact) mass is 548 g/mol. The maximum Gasteiger partial charge on any atom is 0.253 e. The van der Waals surface area contributed by atoms with E-state index in [1.807, 2.05) is 38.1 Å². The largest absolute Gasteiger partial charge is 0.493 e. The van der Waals surface area contributed by atoms with E-state index in [-0.39, 0.29) is 56.0 Å². The molecule has 4 heterocycles. The molecule has 0 spiro atoms. The van der Waals surface area contributed by atoms with Crippen molar-refractivity contribution in [3.63, 3.8) is 0 Å². The molecular formula is C31H36N2O7. The number of likely N-dealkylation sites (tertiary alicyclic amines) is 2. The van der Waals surface area contributed by atoms with Crippen LogP contribution in [0.1, 0.15) is 70.7 Å². The molecule has 2 amide bonds. The highest BCUT2D eigenvalue weighted by molar-refractivity contribution is 6.01. The van der Waals surface area contributed by atoms with Gasteiger partial charge in [0.2, 0.25) is 0 Å². The highest BCUT2D eigenvalue weighted by atomic mass is 16.5. The molecule has 0 N–H and O–H groups in total. The lowest BCUT2D eigenvalue weighted by Crippen LogP contribution is -2.69. The average molecular weight is 549 g/mol. The first-order chi connectivity index (χ1) is 19.2. The van der Waals surface area contributed by atoms with Crippen LogP contribution in [0.15, 0.2) is 36.4 Å². The second-order valence-corrected chi connectivity index (χ2v) is 12.0. The number of carbonyl (C=O) groups is 3. The SMILES string of the molecule is COC1CCOc2ccc(C(=O)N3CC4(C)CN(C(=O)c5ccc6c(c5)C(OC)CCO6)CC(C)(C3)C4=O)cc21. The number of hydrogen-bond donors (Lipinski definition) is 0. The zero-order valence-electron chi connectivity index (χ0n) is 23.5. The Morgan fingerprint density at radius 2 is 1.15 bits per heavy atom. The smallest absolute Gasteiger partial charge is 0.253 e. The number of nitrogens with zero attached hydrogens (tertiary/aromatic N) is 2. The van der Waals surface area contributed by atoms with Crippen molar-refractivity contribution in [1.82, 2.24) is 9.80 Å². The van der Waals surface area contributed by atoms with Crippen LogP contribution in [0.5, 0.6) is 11.5 Å². The van der Waals surface area contributed by atoms with E-state index < -0.39 is 10.8 Å². The van der Waals surface area contributed by atoms with E-state index in [2.05, 4.69) is 0 Å². The summed E-state index contributed by atoms with van der Waals surface area (Å²) < 4.78 is 22.7. The van der Waals surface area contributed by atoms with E-state index in [1.165, 1.54) is 0 Å². The van der Waals surface area contributed by atoms with Crippen LogP contribution in [0.25, 0.3) is 0 Å². The summed E-state index contributed by atoms with van der Waals surface area (Å²) in [5.74, 6) is 1.31. The first kappa shape index (κ1) is 26.8. The van der Waals surface area contributed by atoms with Crippen LogP contribution >= 0.6 is 0 Å². The quantitative estimate of drug-likeness (QED) is 0.573. The van der Waals surface area contributed by atoms with Gasteiger partial charge in [-0.3, -0.25) is 14.4 Å². The van der Waals surface area contributed by atoms with Gasteiger partial charge in [0, 0.05) is 75.5 Å². The molecule has 2 unspecified atom stereocenters. The number of Topliss-reactive ketones (excluding diaryl/α,β-unsaturated/α-hetero) is 1. The van der Waals surface area contributed by atoms with Crippen LogP contribution in [0.4, 0.5) is 0 Å². The van der Waals surface area contributed by atoms with Crippen molar-refractivity contribution < 1.29 is 33.3 Å². The van der Waals surface area contributed by atoms with Crippen molar-refractivity contribution >= 4 is 17.6 Å². The lowest BCUT2D eigenvalue weighted by Gasteiger charge is -2.55. The van der Waals surface area contributed by atoms with E-state index in [0.29, 0.717) is 24.3 Å². The molecule has 2 atom stereocenters. The highest BCUT2D eigenvalue weighted by Gasteiger charge is 2.57. The summed E-state index contributed by atoms with van der Waals surface area (Å²) in [6.07, 6.45) is 1.20. The number of amides is 2. The Hall–Kier alpha value is -3.43. The van der Waals surface area contributed by atoms with E-state index in [1.54, 1.807) is 36.2 Å². The van der Waals surface area contributed by atoms with E-state index >= 15 is 0 Å². The van der Waals surface area contributed by atoms with E-state index in [0.717, 1.165) is 35.5 Å². The van der Waals surface area contributed by atoms with E-state index in [9.17, 15) is 14.4 Å². The lowest BCUT2D eigenvalue weighted by molar-refractivity contribution is -0.153. The van der Waals surface area contributed by atoms with Crippen molar-refractivity contribution in [1.29, 1.82) is 0 Å². The number of methoxy groups -OCH3 is 2. The highest BCUT2D eigenvalue weighted by Crippen LogP contribution is 2.44. The van der Waals surface area contributed by atoms with E-state index in [4.69, 9.17) is 18.9 Å². The van der Waals surface area contributed by atoms with Crippen LogP contribution in [0.2, 0.25) is 0 Å². The van der Waals surface area contributed by atoms with Gasteiger partial charge in [-0.15, -0.1) is 0 Å². The lowest BCUT2D eigenvalue weighted by atomic mass is 9.64. The number of carbonyl (C=O) groups excluding carboxylic acids is 3. The molecule has 9 heteroatoms. The minimum atomic E-state index is -0.880. The molecule has 2 aromatic rings. The minimum Gasteiger partial charge on any atom is -0.493 e. The van der Waals surface area contributed by atoms with Gasteiger partial charge in [0.25, 0.3) is 11.8 Å². The summed E-state index contributed by atoms with van der Waals surface area (Å²) >= 11 is 0. The number of hydrogen-bond acceptors (Lipinski definition) is 7. The Kier molecular flexibility index (Phi) is 6.62. The molecular weight excluding hydrogens is 512 g/mol. The molecule has 2 fully saturated rings. The Labute approximate surface area is 234 Å². The Morgan fingerprint density at radius 3 is 1.52 bits per heavy atom. The first-order valence-electron chi connectivity index (χ1n) is 13.9. The molecule has 4 aliphatic rings. The van der Waals surface area contributed by atoms with Crippen LogP contribution in [-0.2, 0) is 14.3 Å². The van der Waals surface area contributed by atoms with Crippen molar-refractivity contribution in [3.05, 3.63) is 58.7 Å². The van der Waals surface area contributed by atoms with Gasteiger partial charge in [0.15, 0.2) is 5.78 Å². The first-order valence-corrected chi connectivity index (χ1v) is 13.9. The minimum absolute atomic E-state index is 0.102. The van der Waals surface area contributed by atoms with Gasteiger partial charge in [-0.2, -0.15) is 0 Å². The van der Waals surface area contributed by atoms with Crippen LogP contribution in [0, 0.1) is 10.8 Å². The van der Waals surface area contributed by atoms with Crippen molar-refractivity contribution in [2.75, 3.05) is 53.6 Å². The fourth-order valence-electron chi connectivity index (χ4n) is 7.05. The van der Waals surface area contributed by atoms with Gasteiger partial charge in [-0.1, -0.05) is 0 Å². The average Bonchev–Trinajstić information content (AvgIpc) is 2.96. The van der Waals surface area contributed by atoms with Gasteiger partial charge >= 0.3 is 0 Å². The third-order valence-corrected chi connectivity index (χ3v) is 8.88. The predicted molar refractivity (Wildman–Crippen MR) is 146 cm³/mol. The fraction of sp³-hybridized carbons (Fsp3) is 0.516. The topological polar surface area (TPSA) is 94.6 Å². The zero-order valence-corrected chi connectivity index (χ0v) is 23.5. The summed E-state index contributed by atoms with van der Waals surface area (Å²) in [6.45, 7) is 5.87. The number of ketones is 1. The van der Waals surface area contributed by atoms with Gasteiger partial charge < -0.3 is 28.7 Å². The van der Waals surface area contributed by atoms with Crippen LogP contribution in [0.3, 0.4) is 0 Å². The standard InChI is InChI=1S/C31H36N2O7/c1-30-15-32(27(34)19-5-7-25-21(13-19)23(37-3)9-11-39-25)17-31(2,29(30)36)18-33(16-30)28(35)20-6-8-26-22(14-20)24(38-4)10-12-40-26/h5-8,13-14,23-24H,9-12,15-18H2,1-4H3. The zero-order chi connectivity index (χ0) is 28.2. The molecule has 2 saturated heterocycles. The molecule has 2 aromatic carbocycles. The Balaban J connectivity index is 1.24. The Morgan fingerprint density at radius 1 is 0.750 bits per heavy atom. The molecule has 0 saturated carbocycles. The maximum absolute atomic E-state index is 13.8. The predicted octanol–water partition coefficient (Wildman–Crippen LogP) is 3.82. The summed E-state index contributed by atoms with van der Waals surface area (Å²) in [7, 11) is 3.32. The summed E-state index contributed by atoms with van der Waals surface area (Å²) in [5, 5.41) is 0. The van der Waals surface area contributed by atoms with Gasteiger partial charge in [-0.25, -0.2) is 0 Å². The van der Waals surface area contributed by atoms with Gasteiger partial charge in [0.1, 0.15) is 11.5 Å². The van der Waals surface area contributed by atoms with Crippen LogP contribution in [-0.4, -0.2) is 81.0 Å². The summed E-state index contributed by atoms with van der Waals surface area (Å²) in [5.41, 5.74) is 1.07. The Bertz CT molecular complexity index is 1260. The van der Waals surface area contributed by atoms with Crippen molar-refractivity contribution in [2.45, 2.75) is 38.9 Å². The third kappa shape index (κ3) is 4.36. The molecule has 0 aliphatic carbocycles. The number of fused-ring (bicyclic) bond motifs is 4. The summed E-state index contributed by atoms with van der Waals surface area (Å²) in [4.78, 5) is 44.7. The summed E-state index contributed by atoms with van der Waals surface area (Å²) in [6, 6.07) is 10.9. The van der Waals surface area contributed by atoms with Gasteiger partial charge in [0.05, 0.1) is 36.3 Å². The number of benzene rings is 2. The molecule has 2 bridgehead atoms. The maximum atomic E-state index is 13.8. The van der Waals surface area contributed by atoms with Crippen LogP contribution < -0.4 is 9.47 Å². The molecule has 4 aliphatic heterocycles. The molecule has 0 aromatic heterocycles. The number of piperidine rings is 2. The molecule has 212 valence electrons. The third-order valence-electron chi connectivity index (χ3n) is 8.88. The fourth-order valence-corrected chi connectivity index (χ4v) is 7.05. The molecule has 40 heavy (non-hydrogen) atoms. The molecule has 9 nitrogen and oxygen atoms in total. The van der Waals surface area contributed by atoms with Crippen molar-refractivity contribution in [3.8, 4) is 11.5 Å². The second-order valence-electron chi connectivity index (χ2n) is 12.0. The normalized spacial score (nSPS) is 29.1. The van der Waals surface area contributed by atoms with Crippen molar-refractivity contribution in [2.24, 2.45) is 10.8 Å². The number of rotatable bonds is 4. The van der Waals surface area contributed by atoms with Gasteiger partial charge in [-0.05, 0) is 50.2 Å². The molecule has 6 rings (SSSR count). The molecule has 0 radical (unpaired) electrons. The second kappa shape index (κ2) is 9.89.